The summed E-state index contributed by atoms with van der Waals surface area (Å²) in [5.74, 6) is -0.387. The summed E-state index contributed by atoms with van der Waals surface area (Å²) < 4.78 is 14.2. The fourth-order valence-corrected chi connectivity index (χ4v) is 4.33. The molecule has 1 atom stereocenters. The first-order chi connectivity index (χ1) is 14.5. The highest BCUT2D eigenvalue weighted by atomic mass is 32.2. The van der Waals surface area contributed by atoms with Gasteiger partial charge in [0.25, 0.3) is 5.91 Å². The predicted molar refractivity (Wildman–Crippen MR) is 117 cm³/mol. The summed E-state index contributed by atoms with van der Waals surface area (Å²) in [5, 5.41) is 2.99. The Kier molecular flexibility index (Phi) is 5.86. The van der Waals surface area contributed by atoms with E-state index in [1.807, 2.05) is 43.3 Å². The molecule has 4 rings (SSSR count). The van der Waals surface area contributed by atoms with Crippen molar-refractivity contribution >= 4 is 29.3 Å². The summed E-state index contributed by atoms with van der Waals surface area (Å²) in [6, 6.07) is 21.3. The van der Waals surface area contributed by atoms with Crippen LogP contribution in [-0.4, -0.2) is 17.6 Å². The second kappa shape index (κ2) is 8.71. The first-order valence-electron chi connectivity index (χ1n) is 9.69. The SMILES string of the molecule is CC(NC(=O)c1ccc2c(c1)N(Cc1ccccc1F)C(=O)CS2)c1ccccc1. The standard InChI is InChI=1S/C24H21FN2O2S/c1-16(17-7-3-2-4-8-17)26-24(29)18-11-12-22-21(13-18)27(23(28)15-30-22)14-19-9-5-6-10-20(19)25/h2-13,16H,14-15H2,1H3,(H,26,29). The maximum absolute atomic E-state index is 14.2. The van der Waals surface area contributed by atoms with Crippen LogP contribution in [0.2, 0.25) is 0 Å². The molecule has 0 saturated carbocycles. The van der Waals surface area contributed by atoms with Gasteiger partial charge in [0.05, 0.1) is 24.0 Å². The van der Waals surface area contributed by atoms with E-state index in [9.17, 15) is 14.0 Å². The second-order valence-electron chi connectivity index (χ2n) is 7.15. The predicted octanol–water partition coefficient (Wildman–Crippen LogP) is 4.96. The number of rotatable bonds is 5. The molecule has 3 aromatic carbocycles. The number of nitrogens with one attached hydrogen (secondary N) is 1. The monoisotopic (exact) mass is 420 g/mol. The molecule has 152 valence electrons. The van der Waals surface area contributed by atoms with E-state index in [1.165, 1.54) is 17.8 Å². The molecular weight excluding hydrogens is 399 g/mol. The van der Waals surface area contributed by atoms with E-state index in [0.717, 1.165) is 10.5 Å². The summed E-state index contributed by atoms with van der Waals surface area (Å²) >= 11 is 1.43. The zero-order valence-corrected chi connectivity index (χ0v) is 17.3. The zero-order chi connectivity index (χ0) is 21.1. The Morgan fingerprint density at radius 1 is 1.10 bits per heavy atom. The number of fused-ring (bicyclic) bond motifs is 1. The van der Waals surface area contributed by atoms with Gasteiger partial charge in [-0.1, -0.05) is 48.5 Å². The van der Waals surface area contributed by atoms with Crippen molar-refractivity contribution in [3.8, 4) is 0 Å². The summed E-state index contributed by atoms with van der Waals surface area (Å²) in [6.07, 6.45) is 0. The molecule has 0 aliphatic carbocycles. The molecule has 1 aliphatic heterocycles. The van der Waals surface area contributed by atoms with Crippen molar-refractivity contribution in [1.29, 1.82) is 0 Å². The lowest BCUT2D eigenvalue weighted by atomic mass is 10.1. The molecule has 4 nitrogen and oxygen atoms in total. The van der Waals surface area contributed by atoms with Crippen molar-refractivity contribution in [3.63, 3.8) is 0 Å². The molecule has 0 saturated heterocycles. The van der Waals surface area contributed by atoms with Crippen LogP contribution in [0.3, 0.4) is 0 Å². The number of hydrogen-bond donors (Lipinski definition) is 1. The van der Waals surface area contributed by atoms with Gasteiger partial charge < -0.3 is 10.2 Å². The number of nitrogens with zero attached hydrogens (tertiary/aromatic N) is 1. The van der Waals surface area contributed by atoms with E-state index >= 15 is 0 Å². The van der Waals surface area contributed by atoms with Crippen LogP contribution in [0.5, 0.6) is 0 Å². The lowest BCUT2D eigenvalue weighted by Gasteiger charge is -2.29. The average molecular weight is 421 g/mol. The van der Waals surface area contributed by atoms with Crippen LogP contribution >= 0.6 is 11.8 Å². The van der Waals surface area contributed by atoms with E-state index in [1.54, 1.807) is 35.2 Å². The Labute approximate surface area is 179 Å². The minimum atomic E-state index is -0.351. The first-order valence-corrected chi connectivity index (χ1v) is 10.7. The fourth-order valence-electron chi connectivity index (χ4n) is 3.42. The normalized spacial score (nSPS) is 14.2. The number of halogens is 1. The summed E-state index contributed by atoms with van der Waals surface area (Å²) in [7, 11) is 0. The minimum absolute atomic E-state index is 0.106. The van der Waals surface area contributed by atoms with Gasteiger partial charge in [-0.15, -0.1) is 11.8 Å². The van der Waals surface area contributed by atoms with Crippen molar-refractivity contribution in [2.24, 2.45) is 0 Å². The van der Waals surface area contributed by atoms with Crippen LogP contribution in [0.25, 0.3) is 0 Å². The highest BCUT2D eigenvalue weighted by Gasteiger charge is 2.27. The van der Waals surface area contributed by atoms with Gasteiger partial charge in [0.2, 0.25) is 5.91 Å². The summed E-state index contributed by atoms with van der Waals surface area (Å²) in [4.78, 5) is 27.9. The Hall–Kier alpha value is -3.12. The average Bonchev–Trinajstić information content (AvgIpc) is 2.77. The van der Waals surface area contributed by atoms with Crippen molar-refractivity contribution in [2.45, 2.75) is 24.4 Å². The molecule has 30 heavy (non-hydrogen) atoms. The zero-order valence-electron chi connectivity index (χ0n) is 16.5. The van der Waals surface area contributed by atoms with Crippen molar-refractivity contribution in [2.75, 3.05) is 10.7 Å². The van der Waals surface area contributed by atoms with Gasteiger partial charge in [-0.25, -0.2) is 4.39 Å². The highest BCUT2D eigenvalue weighted by molar-refractivity contribution is 8.00. The van der Waals surface area contributed by atoms with E-state index < -0.39 is 0 Å². The molecular formula is C24H21FN2O2S. The molecule has 1 aliphatic rings. The summed E-state index contributed by atoms with van der Waals surface area (Å²) in [6.45, 7) is 2.06. The van der Waals surface area contributed by atoms with Gasteiger partial charge in [0, 0.05) is 16.0 Å². The number of amides is 2. The van der Waals surface area contributed by atoms with E-state index in [-0.39, 0.29) is 36.0 Å². The van der Waals surface area contributed by atoms with Crippen LogP contribution in [0, 0.1) is 5.82 Å². The Morgan fingerprint density at radius 3 is 2.60 bits per heavy atom. The first kappa shape index (κ1) is 20.2. The molecule has 0 radical (unpaired) electrons. The van der Waals surface area contributed by atoms with Gasteiger partial charge in [-0.05, 0) is 36.8 Å². The van der Waals surface area contributed by atoms with Crippen LogP contribution < -0.4 is 10.2 Å². The minimum Gasteiger partial charge on any atom is -0.346 e. The van der Waals surface area contributed by atoms with Gasteiger partial charge >= 0.3 is 0 Å². The third-order valence-corrected chi connectivity index (χ3v) is 6.15. The highest BCUT2D eigenvalue weighted by Crippen LogP contribution is 2.37. The maximum atomic E-state index is 14.2. The number of anilines is 1. The largest absolute Gasteiger partial charge is 0.346 e. The Bertz CT molecular complexity index is 1090. The number of benzene rings is 3. The summed E-state index contributed by atoms with van der Waals surface area (Å²) in [5.41, 5.74) is 2.55. The van der Waals surface area contributed by atoms with Gasteiger partial charge in [0.1, 0.15) is 5.82 Å². The number of carbonyl (C=O) groups is 2. The van der Waals surface area contributed by atoms with E-state index in [2.05, 4.69) is 5.32 Å². The maximum Gasteiger partial charge on any atom is 0.251 e. The molecule has 3 aromatic rings. The van der Waals surface area contributed by atoms with Crippen LogP contribution in [0.4, 0.5) is 10.1 Å². The Morgan fingerprint density at radius 2 is 1.83 bits per heavy atom. The van der Waals surface area contributed by atoms with Crippen molar-refractivity contribution in [1.82, 2.24) is 5.32 Å². The van der Waals surface area contributed by atoms with Crippen LogP contribution in [-0.2, 0) is 11.3 Å². The molecule has 1 heterocycles. The molecule has 0 bridgehead atoms. The molecule has 0 fully saturated rings. The topological polar surface area (TPSA) is 49.4 Å². The van der Waals surface area contributed by atoms with E-state index in [0.29, 0.717) is 16.8 Å². The van der Waals surface area contributed by atoms with Crippen LogP contribution in [0.1, 0.15) is 34.5 Å². The van der Waals surface area contributed by atoms with Gasteiger partial charge in [-0.2, -0.15) is 0 Å². The lowest BCUT2D eigenvalue weighted by Crippen LogP contribution is -2.35. The number of thioether (sulfide) groups is 1. The number of carbonyl (C=O) groups excluding carboxylic acids is 2. The molecule has 0 spiro atoms. The Balaban J connectivity index is 1.59. The van der Waals surface area contributed by atoms with E-state index in [4.69, 9.17) is 0 Å². The number of hydrogen-bond acceptors (Lipinski definition) is 3. The fraction of sp³-hybridized carbons (Fsp3) is 0.167. The van der Waals surface area contributed by atoms with Crippen molar-refractivity contribution < 1.29 is 14.0 Å². The molecule has 0 aromatic heterocycles. The third kappa shape index (κ3) is 4.24. The lowest BCUT2D eigenvalue weighted by molar-refractivity contribution is -0.116. The van der Waals surface area contributed by atoms with Gasteiger partial charge in [0.15, 0.2) is 0 Å². The van der Waals surface area contributed by atoms with Crippen molar-refractivity contribution in [3.05, 3.63) is 95.3 Å². The molecule has 1 unspecified atom stereocenters. The smallest absolute Gasteiger partial charge is 0.251 e. The molecule has 1 N–H and O–H groups in total. The van der Waals surface area contributed by atoms with Gasteiger partial charge in [-0.3, -0.25) is 9.59 Å². The second-order valence-corrected chi connectivity index (χ2v) is 8.17. The van der Waals surface area contributed by atoms with Crippen LogP contribution in [0.15, 0.2) is 77.7 Å². The molecule has 2 amide bonds. The molecule has 6 heteroatoms. The third-order valence-electron chi connectivity index (χ3n) is 5.10. The quantitative estimate of drug-likeness (QED) is 0.635.